The summed E-state index contributed by atoms with van der Waals surface area (Å²) in [7, 11) is 0. The van der Waals surface area contributed by atoms with Gasteiger partial charge in [0.15, 0.2) is 0 Å². The highest BCUT2D eigenvalue weighted by atomic mass is 16.5. The molecule has 0 amide bonds. The fourth-order valence-corrected chi connectivity index (χ4v) is 4.18. The maximum atomic E-state index is 11.0. The molecule has 33 heavy (non-hydrogen) atoms. The number of nitrogens with zero attached hydrogens (tertiary/aromatic N) is 2. The summed E-state index contributed by atoms with van der Waals surface area (Å²) in [5.74, 6) is 2.37. The van der Waals surface area contributed by atoms with Crippen LogP contribution in [0.25, 0.3) is 22.4 Å². The van der Waals surface area contributed by atoms with Gasteiger partial charge in [-0.3, -0.25) is 4.79 Å². The third kappa shape index (κ3) is 4.87. The zero-order chi connectivity index (χ0) is 22.6. The van der Waals surface area contributed by atoms with E-state index in [1.54, 1.807) is 10.8 Å². The molecule has 0 unspecified atom stereocenters. The highest BCUT2D eigenvalue weighted by Crippen LogP contribution is 2.29. The van der Waals surface area contributed by atoms with Gasteiger partial charge in [-0.1, -0.05) is 6.07 Å². The molecule has 0 saturated carbocycles. The maximum Gasteiger partial charge on any atom is 0.323 e. The predicted molar refractivity (Wildman–Crippen MR) is 124 cm³/mol. The smallest absolute Gasteiger partial charge is 0.323 e. The SMILES string of the molecule is O=C(O)Cn1ccc2cc(OCCCOc3cccc(-c4nc5c(o4)CCCC5)c3)ccc21. The van der Waals surface area contributed by atoms with Gasteiger partial charge in [0.05, 0.1) is 18.9 Å². The minimum absolute atomic E-state index is 0.0550. The van der Waals surface area contributed by atoms with E-state index in [-0.39, 0.29) is 6.54 Å². The average Bonchev–Trinajstić information content (AvgIpc) is 3.43. The van der Waals surface area contributed by atoms with Crippen LogP contribution < -0.4 is 9.47 Å². The number of carboxylic acids is 1. The van der Waals surface area contributed by atoms with Gasteiger partial charge in [-0.15, -0.1) is 0 Å². The molecule has 0 bridgehead atoms. The molecule has 0 spiro atoms. The van der Waals surface area contributed by atoms with Gasteiger partial charge in [0.25, 0.3) is 0 Å². The molecule has 1 N–H and O–H groups in total. The Labute approximate surface area is 191 Å². The summed E-state index contributed by atoms with van der Waals surface area (Å²) in [4.78, 5) is 15.6. The van der Waals surface area contributed by atoms with E-state index in [0.29, 0.717) is 19.1 Å². The molecule has 0 fully saturated rings. The van der Waals surface area contributed by atoms with Gasteiger partial charge >= 0.3 is 5.97 Å². The summed E-state index contributed by atoms with van der Waals surface area (Å²) >= 11 is 0. The number of rotatable bonds is 9. The van der Waals surface area contributed by atoms with E-state index in [2.05, 4.69) is 4.98 Å². The molecule has 4 aromatic rings. The molecule has 0 radical (unpaired) electrons. The molecule has 5 rings (SSSR count). The first-order valence-electron chi connectivity index (χ1n) is 11.3. The summed E-state index contributed by atoms with van der Waals surface area (Å²) in [5, 5.41) is 9.94. The van der Waals surface area contributed by atoms with Gasteiger partial charge < -0.3 is 23.6 Å². The minimum Gasteiger partial charge on any atom is -0.493 e. The molecule has 0 aliphatic heterocycles. The number of hydrogen-bond donors (Lipinski definition) is 1. The number of carboxylic acid groups (broad SMARTS) is 1. The summed E-state index contributed by atoms with van der Waals surface area (Å²) in [6.45, 7) is 0.997. The lowest BCUT2D eigenvalue weighted by atomic mass is 10.0. The fraction of sp³-hybridized carbons (Fsp3) is 0.308. The van der Waals surface area contributed by atoms with E-state index < -0.39 is 5.97 Å². The Morgan fingerprint density at radius 1 is 1.03 bits per heavy atom. The van der Waals surface area contributed by atoms with Crippen LogP contribution in [0, 0.1) is 0 Å². The highest BCUT2D eigenvalue weighted by Gasteiger charge is 2.18. The molecule has 1 aliphatic rings. The molecular formula is C26H26N2O5. The first kappa shape index (κ1) is 21.1. The number of carbonyl (C=O) groups is 1. The predicted octanol–water partition coefficient (Wildman–Crippen LogP) is 5.11. The third-order valence-corrected chi connectivity index (χ3v) is 5.80. The normalized spacial score (nSPS) is 13.1. The van der Waals surface area contributed by atoms with E-state index in [4.69, 9.17) is 19.0 Å². The van der Waals surface area contributed by atoms with Crippen LogP contribution in [0.2, 0.25) is 0 Å². The lowest BCUT2D eigenvalue weighted by Gasteiger charge is -2.09. The van der Waals surface area contributed by atoms with Crippen molar-refractivity contribution in [3.8, 4) is 23.0 Å². The first-order valence-corrected chi connectivity index (χ1v) is 11.3. The molecule has 7 heteroatoms. The van der Waals surface area contributed by atoms with Crippen molar-refractivity contribution < 1.29 is 23.8 Å². The molecule has 0 saturated heterocycles. The number of ether oxygens (including phenoxy) is 2. The standard InChI is InChI=1S/C26H26N2O5/c29-25(30)17-28-12-11-18-15-21(9-10-23(18)28)32-14-4-13-31-20-6-3-5-19(16-20)26-27-22-7-1-2-8-24(22)33-26/h3,5-6,9-12,15-16H,1-2,4,7-8,13-14,17H2,(H,29,30). The lowest BCUT2D eigenvalue weighted by Crippen LogP contribution is -2.07. The monoisotopic (exact) mass is 446 g/mol. The number of hydrogen-bond acceptors (Lipinski definition) is 5. The zero-order valence-corrected chi connectivity index (χ0v) is 18.3. The van der Waals surface area contributed by atoms with Crippen molar-refractivity contribution in [2.45, 2.75) is 38.6 Å². The quantitative estimate of drug-likeness (QED) is 0.360. The second kappa shape index (κ2) is 9.40. The largest absolute Gasteiger partial charge is 0.493 e. The first-order chi connectivity index (χ1) is 16.2. The van der Waals surface area contributed by atoms with Gasteiger partial charge in [-0.25, -0.2) is 4.98 Å². The minimum atomic E-state index is -0.863. The summed E-state index contributed by atoms with van der Waals surface area (Å²) in [5.41, 5.74) is 2.90. The van der Waals surface area contributed by atoms with E-state index in [0.717, 1.165) is 65.1 Å². The van der Waals surface area contributed by atoms with Crippen LogP contribution in [0.5, 0.6) is 11.5 Å². The second-order valence-electron chi connectivity index (χ2n) is 8.23. The molecular weight excluding hydrogens is 420 g/mol. The van der Waals surface area contributed by atoms with Crippen LogP contribution in [0.3, 0.4) is 0 Å². The molecule has 170 valence electrons. The van der Waals surface area contributed by atoms with Gasteiger partial charge in [-0.05, 0) is 61.7 Å². The summed E-state index contributed by atoms with van der Waals surface area (Å²) in [6.07, 6.45) is 6.82. The van der Waals surface area contributed by atoms with Crippen molar-refractivity contribution in [2.75, 3.05) is 13.2 Å². The van der Waals surface area contributed by atoms with E-state index in [1.807, 2.05) is 48.5 Å². The topological polar surface area (TPSA) is 86.7 Å². The Morgan fingerprint density at radius 2 is 1.85 bits per heavy atom. The van der Waals surface area contributed by atoms with Crippen LogP contribution in [0.1, 0.15) is 30.7 Å². The Balaban J connectivity index is 1.12. The van der Waals surface area contributed by atoms with Crippen LogP contribution in [-0.4, -0.2) is 33.8 Å². The van der Waals surface area contributed by atoms with Crippen molar-refractivity contribution in [3.63, 3.8) is 0 Å². The number of aliphatic carboxylic acids is 1. The molecule has 2 aromatic carbocycles. The van der Waals surface area contributed by atoms with Crippen LogP contribution in [-0.2, 0) is 24.2 Å². The highest BCUT2D eigenvalue weighted by molar-refractivity contribution is 5.83. The molecule has 0 atom stereocenters. The van der Waals surface area contributed by atoms with Crippen molar-refractivity contribution in [2.24, 2.45) is 0 Å². The van der Waals surface area contributed by atoms with Gasteiger partial charge in [0.2, 0.25) is 5.89 Å². The van der Waals surface area contributed by atoms with Crippen LogP contribution >= 0.6 is 0 Å². The summed E-state index contributed by atoms with van der Waals surface area (Å²) < 4.78 is 19.4. The van der Waals surface area contributed by atoms with Crippen molar-refractivity contribution >= 4 is 16.9 Å². The van der Waals surface area contributed by atoms with Crippen molar-refractivity contribution in [1.82, 2.24) is 9.55 Å². The number of benzene rings is 2. The number of aryl methyl sites for hydroxylation is 2. The van der Waals surface area contributed by atoms with E-state index >= 15 is 0 Å². The Kier molecular flexibility index (Phi) is 6.02. The van der Waals surface area contributed by atoms with E-state index in [1.165, 1.54) is 6.42 Å². The van der Waals surface area contributed by atoms with Crippen LogP contribution in [0.4, 0.5) is 0 Å². The number of aromatic nitrogens is 2. The Bertz CT molecular complexity index is 1250. The second-order valence-corrected chi connectivity index (χ2v) is 8.23. The Hall–Kier alpha value is -3.74. The van der Waals surface area contributed by atoms with Gasteiger partial charge in [-0.2, -0.15) is 0 Å². The summed E-state index contributed by atoms with van der Waals surface area (Å²) in [6, 6.07) is 15.4. The van der Waals surface area contributed by atoms with Crippen molar-refractivity contribution in [3.05, 3.63) is 66.2 Å². The molecule has 1 aliphatic carbocycles. The molecule has 7 nitrogen and oxygen atoms in total. The van der Waals surface area contributed by atoms with Gasteiger partial charge in [0, 0.05) is 35.5 Å². The third-order valence-electron chi connectivity index (χ3n) is 5.80. The van der Waals surface area contributed by atoms with Crippen LogP contribution in [0.15, 0.2) is 59.1 Å². The Morgan fingerprint density at radius 3 is 2.67 bits per heavy atom. The fourth-order valence-electron chi connectivity index (χ4n) is 4.18. The maximum absolute atomic E-state index is 11.0. The average molecular weight is 447 g/mol. The van der Waals surface area contributed by atoms with Crippen molar-refractivity contribution in [1.29, 1.82) is 0 Å². The lowest BCUT2D eigenvalue weighted by molar-refractivity contribution is -0.137. The molecule has 2 heterocycles. The molecule has 2 aromatic heterocycles. The zero-order valence-electron chi connectivity index (χ0n) is 18.3. The van der Waals surface area contributed by atoms with Gasteiger partial charge in [0.1, 0.15) is 23.8 Å². The number of oxazole rings is 1. The van der Waals surface area contributed by atoms with E-state index in [9.17, 15) is 4.79 Å². The number of fused-ring (bicyclic) bond motifs is 2.